The zero-order valence-electron chi connectivity index (χ0n) is 18.9. The van der Waals surface area contributed by atoms with Gasteiger partial charge in [-0.2, -0.15) is 0 Å². The van der Waals surface area contributed by atoms with Crippen molar-refractivity contribution >= 4 is 11.3 Å². The highest BCUT2D eigenvalue weighted by Gasteiger charge is 2.20. The van der Waals surface area contributed by atoms with Crippen LogP contribution < -0.4 is 0 Å². The van der Waals surface area contributed by atoms with Crippen molar-refractivity contribution in [3.05, 3.63) is 44.9 Å². The van der Waals surface area contributed by atoms with Crippen LogP contribution in [0.2, 0.25) is 0 Å². The lowest BCUT2D eigenvalue weighted by Gasteiger charge is -2.26. The second kappa shape index (κ2) is 11.8. The smallest absolute Gasteiger partial charge is 0.117 e. The summed E-state index contributed by atoms with van der Waals surface area (Å²) in [5.74, 6) is 1.44. The Morgan fingerprint density at radius 2 is 1.69 bits per heavy atom. The van der Waals surface area contributed by atoms with Gasteiger partial charge in [0.1, 0.15) is 10.0 Å². The van der Waals surface area contributed by atoms with Crippen LogP contribution in [0.1, 0.15) is 124 Å². The molecule has 0 N–H and O–H groups in total. The molecule has 1 fully saturated rings. The zero-order chi connectivity index (χ0) is 20.5. The van der Waals surface area contributed by atoms with Gasteiger partial charge in [0.15, 0.2) is 0 Å². The van der Waals surface area contributed by atoms with E-state index in [9.17, 15) is 0 Å². The molecule has 3 heteroatoms. The molecule has 2 nitrogen and oxygen atoms in total. The highest BCUT2D eigenvalue weighted by molar-refractivity contribution is 7.11. The summed E-state index contributed by atoms with van der Waals surface area (Å²) >= 11 is 1.84. The Morgan fingerprint density at radius 1 is 0.931 bits per heavy atom. The highest BCUT2D eigenvalue weighted by Crippen LogP contribution is 2.37. The maximum atomic E-state index is 4.49. The first kappa shape index (κ1) is 22.5. The molecule has 0 saturated heterocycles. The molecule has 0 aliphatic heterocycles. The van der Waals surface area contributed by atoms with Crippen molar-refractivity contribution in [3.8, 4) is 0 Å². The minimum atomic E-state index is 0.672. The second-order valence-corrected chi connectivity index (χ2v) is 10.2. The SMILES string of the molecule is CCCCCc1nnc(CCc2ccc(C(C)CCC)cc2C2CCCCC2)s1. The van der Waals surface area contributed by atoms with Crippen LogP contribution in [-0.2, 0) is 19.3 Å². The van der Waals surface area contributed by atoms with E-state index in [0.717, 1.165) is 25.2 Å². The molecule has 1 aliphatic rings. The minimum Gasteiger partial charge on any atom is -0.144 e. The van der Waals surface area contributed by atoms with E-state index in [1.54, 1.807) is 16.7 Å². The molecule has 1 saturated carbocycles. The van der Waals surface area contributed by atoms with Gasteiger partial charge in [0.05, 0.1) is 0 Å². The molecule has 160 valence electrons. The molecule has 1 heterocycles. The number of aromatic nitrogens is 2. The number of aryl methyl sites for hydroxylation is 3. The van der Waals surface area contributed by atoms with E-state index in [4.69, 9.17) is 0 Å². The quantitative estimate of drug-likeness (QED) is 0.349. The van der Waals surface area contributed by atoms with E-state index in [2.05, 4.69) is 49.2 Å². The average molecular weight is 413 g/mol. The van der Waals surface area contributed by atoms with E-state index in [0.29, 0.717) is 5.92 Å². The van der Waals surface area contributed by atoms with Gasteiger partial charge in [0, 0.05) is 12.8 Å². The fourth-order valence-electron chi connectivity index (χ4n) is 4.80. The average Bonchev–Trinajstić information content (AvgIpc) is 3.21. The van der Waals surface area contributed by atoms with Crippen LogP contribution in [0.3, 0.4) is 0 Å². The van der Waals surface area contributed by atoms with Crippen molar-refractivity contribution in [1.82, 2.24) is 10.2 Å². The number of hydrogen-bond donors (Lipinski definition) is 0. The maximum Gasteiger partial charge on any atom is 0.117 e. The van der Waals surface area contributed by atoms with Crippen LogP contribution in [0, 0.1) is 0 Å². The first-order valence-corrected chi connectivity index (χ1v) is 13.0. The standard InChI is InChI=1S/C26H40N2S/c1-4-6-8-14-25-27-28-26(29-25)18-17-22-15-16-23(20(3)11-5-2)19-24(22)21-12-9-7-10-13-21/h15-16,19-21H,4-14,17-18H2,1-3H3. The van der Waals surface area contributed by atoms with Crippen molar-refractivity contribution < 1.29 is 0 Å². The fourth-order valence-corrected chi connectivity index (χ4v) is 5.68. The zero-order valence-corrected chi connectivity index (χ0v) is 19.7. The van der Waals surface area contributed by atoms with Crippen LogP contribution in [0.4, 0.5) is 0 Å². The number of unbranched alkanes of at least 4 members (excludes halogenated alkanes) is 2. The second-order valence-electron chi connectivity index (χ2n) is 9.03. The molecule has 2 aromatic rings. The molecular formula is C26H40N2S. The normalized spacial score (nSPS) is 16.2. The monoisotopic (exact) mass is 412 g/mol. The molecule has 3 rings (SSSR count). The third-order valence-electron chi connectivity index (χ3n) is 6.62. The Hall–Kier alpha value is -1.22. The van der Waals surface area contributed by atoms with E-state index in [1.807, 2.05) is 11.3 Å². The van der Waals surface area contributed by atoms with Crippen LogP contribution in [0.15, 0.2) is 18.2 Å². The summed E-state index contributed by atoms with van der Waals surface area (Å²) in [5.41, 5.74) is 4.76. The topological polar surface area (TPSA) is 25.8 Å². The predicted octanol–water partition coefficient (Wildman–Crippen LogP) is 8.01. The van der Waals surface area contributed by atoms with Crippen molar-refractivity contribution in [2.24, 2.45) is 0 Å². The highest BCUT2D eigenvalue weighted by atomic mass is 32.1. The lowest BCUT2D eigenvalue weighted by atomic mass is 9.79. The summed E-state index contributed by atoms with van der Waals surface area (Å²) in [4.78, 5) is 0. The molecule has 1 unspecified atom stereocenters. The fraction of sp³-hybridized carbons (Fsp3) is 0.692. The van der Waals surface area contributed by atoms with Crippen molar-refractivity contribution in [1.29, 1.82) is 0 Å². The Morgan fingerprint density at radius 3 is 2.41 bits per heavy atom. The lowest BCUT2D eigenvalue weighted by molar-refractivity contribution is 0.441. The first-order valence-electron chi connectivity index (χ1n) is 12.1. The summed E-state index contributed by atoms with van der Waals surface area (Å²) in [5, 5.41) is 11.4. The molecule has 1 aliphatic carbocycles. The van der Waals surface area contributed by atoms with E-state index >= 15 is 0 Å². The van der Waals surface area contributed by atoms with E-state index in [-0.39, 0.29) is 0 Å². The summed E-state index contributed by atoms with van der Waals surface area (Å²) in [7, 11) is 0. The Labute approximate surface area is 182 Å². The molecule has 29 heavy (non-hydrogen) atoms. The Balaban J connectivity index is 1.70. The van der Waals surface area contributed by atoms with Gasteiger partial charge in [-0.15, -0.1) is 21.5 Å². The maximum absolute atomic E-state index is 4.49. The van der Waals surface area contributed by atoms with Crippen molar-refractivity contribution in [2.45, 2.75) is 116 Å². The van der Waals surface area contributed by atoms with E-state index < -0.39 is 0 Å². The molecule has 1 aromatic carbocycles. The predicted molar refractivity (Wildman–Crippen MR) is 126 cm³/mol. The summed E-state index contributed by atoms with van der Waals surface area (Å²) in [6.45, 7) is 6.94. The number of hydrogen-bond acceptors (Lipinski definition) is 3. The third kappa shape index (κ3) is 6.64. The lowest BCUT2D eigenvalue weighted by Crippen LogP contribution is -2.09. The van der Waals surface area contributed by atoms with Gasteiger partial charge in [-0.1, -0.05) is 77.5 Å². The van der Waals surface area contributed by atoms with Crippen molar-refractivity contribution in [3.63, 3.8) is 0 Å². The number of benzene rings is 1. The van der Waals surface area contributed by atoms with Gasteiger partial charge in [0.2, 0.25) is 0 Å². The van der Waals surface area contributed by atoms with Gasteiger partial charge in [-0.25, -0.2) is 0 Å². The summed E-state index contributed by atoms with van der Waals surface area (Å²) in [6.07, 6.45) is 16.6. The van der Waals surface area contributed by atoms with Crippen LogP contribution in [0.25, 0.3) is 0 Å². The van der Waals surface area contributed by atoms with Gasteiger partial charge in [0.25, 0.3) is 0 Å². The van der Waals surface area contributed by atoms with Crippen LogP contribution in [-0.4, -0.2) is 10.2 Å². The summed E-state index contributed by atoms with van der Waals surface area (Å²) < 4.78 is 0. The van der Waals surface area contributed by atoms with E-state index in [1.165, 1.54) is 74.2 Å². The molecular weight excluding hydrogens is 372 g/mol. The Kier molecular flexibility index (Phi) is 9.17. The molecule has 0 amide bonds. The Bertz CT molecular complexity index is 730. The summed E-state index contributed by atoms with van der Waals surface area (Å²) in [6, 6.07) is 7.41. The van der Waals surface area contributed by atoms with Gasteiger partial charge >= 0.3 is 0 Å². The largest absolute Gasteiger partial charge is 0.144 e. The number of rotatable bonds is 11. The van der Waals surface area contributed by atoms with Gasteiger partial charge in [-0.05, 0) is 60.6 Å². The molecule has 1 atom stereocenters. The van der Waals surface area contributed by atoms with Crippen LogP contribution in [0.5, 0.6) is 0 Å². The minimum absolute atomic E-state index is 0.672. The third-order valence-corrected chi connectivity index (χ3v) is 7.66. The van der Waals surface area contributed by atoms with Gasteiger partial charge < -0.3 is 0 Å². The first-order chi connectivity index (χ1) is 14.2. The molecule has 0 bridgehead atoms. The molecule has 1 aromatic heterocycles. The van der Waals surface area contributed by atoms with Gasteiger partial charge in [-0.3, -0.25) is 0 Å². The molecule has 0 radical (unpaired) electrons. The van der Waals surface area contributed by atoms with Crippen molar-refractivity contribution in [2.75, 3.05) is 0 Å². The number of nitrogens with zero attached hydrogens (tertiary/aromatic N) is 2. The van der Waals surface area contributed by atoms with Crippen LogP contribution >= 0.6 is 11.3 Å². The molecule has 0 spiro atoms.